The number of methoxy groups -OCH3 is 2. The SMILES string of the molecule is COc1cc(Cc2ccccc2-c2ccc(N=Nc3cc(S(=O)(=O)O)c4ccccc4c3O)c(OC)c2)ccc1N=Nc1cc(S(=O)(=O)O)c2ccccc2c1O. The molecule has 0 aliphatic carbocycles. The minimum absolute atomic E-state index is 0.134. The van der Waals surface area contributed by atoms with E-state index in [1.54, 1.807) is 48.5 Å². The molecule has 14 nitrogen and oxygen atoms in total. The molecule has 0 atom stereocenters. The van der Waals surface area contributed by atoms with E-state index in [1.807, 2.05) is 36.4 Å². The van der Waals surface area contributed by atoms with Crippen LogP contribution in [0, 0.1) is 0 Å². The first-order valence-corrected chi connectivity index (χ1v) is 19.9. The third kappa shape index (κ3) is 7.87. The summed E-state index contributed by atoms with van der Waals surface area (Å²) in [5.41, 5.74) is 3.74. The van der Waals surface area contributed by atoms with Gasteiger partial charge < -0.3 is 19.7 Å². The first kappa shape index (κ1) is 38.6. The number of rotatable bonds is 11. The van der Waals surface area contributed by atoms with Crippen LogP contribution in [-0.2, 0) is 26.7 Å². The van der Waals surface area contributed by atoms with E-state index in [4.69, 9.17) is 9.47 Å². The molecule has 7 aromatic rings. The fourth-order valence-corrected chi connectivity index (χ4v) is 7.87. The molecule has 0 saturated carbocycles. The Bertz CT molecular complexity index is 3010. The summed E-state index contributed by atoms with van der Waals surface area (Å²) >= 11 is 0. The molecule has 0 spiro atoms. The highest BCUT2D eigenvalue weighted by Gasteiger charge is 2.21. The van der Waals surface area contributed by atoms with Crippen LogP contribution >= 0.6 is 0 Å². The van der Waals surface area contributed by atoms with E-state index < -0.39 is 30.0 Å². The van der Waals surface area contributed by atoms with E-state index in [1.165, 1.54) is 38.5 Å². The molecule has 57 heavy (non-hydrogen) atoms. The van der Waals surface area contributed by atoms with Gasteiger partial charge in [-0.2, -0.15) is 16.8 Å². The molecule has 7 rings (SSSR count). The minimum atomic E-state index is -4.65. The lowest BCUT2D eigenvalue weighted by Gasteiger charge is -2.13. The Kier molecular flexibility index (Phi) is 10.4. The highest BCUT2D eigenvalue weighted by molar-refractivity contribution is 7.86. The van der Waals surface area contributed by atoms with Crippen LogP contribution in [0.2, 0.25) is 0 Å². The molecule has 0 bridgehead atoms. The molecule has 0 aromatic heterocycles. The number of phenolic OH excluding ortho intramolecular Hbond substituents is 2. The molecule has 0 unspecified atom stereocenters. The second-order valence-corrected chi connectivity index (χ2v) is 15.4. The lowest BCUT2D eigenvalue weighted by Crippen LogP contribution is -1.99. The number of aromatic hydroxyl groups is 2. The fourth-order valence-electron chi connectivity index (χ4n) is 6.44. The van der Waals surface area contributed by atoms with Crippen molar-refractivity contribution < 1.29 is 45.6 Å². The van der Waals surface area contributed by atoms with E-state index in [0.29, 0.717) is 29.3 Å². The molecule has 0 saturated heterocycles. The maximum atomic E-state index is 12.1. The number of hydrogen-bond acceptors (Lipinski definition) is 12. The zero-order valence-corrected chi connectivity index (χ0v) is 31.7. The Morgan fingerprint density at radius 3 is 1.46 bits per heavy atom. The predicted molar refractivity (Wildman–Crippen MR) is 213 cm³/mol. The molecule has 288 valence electrons. The summed E-state index contributed by atoms with van der Waals surface area (Å²) in [6.45, 7) is 0. The molecule has 0 radical (unpaired) electrons. The van der Waals surface area contributed by atoms with Gasteiger partial charge in [-0.15, -0.1) is 20.5 Å². The van der Waals surface area contributed by atoms with Gasteiger partial charge in [0.1, 0.15) is 44.0 Å². The predicted octanol–water partition coefficient (Wildman–Crippen LogP) is 10.0. The van der Waals surface area contributed by atoms with Crippen molar-refractivity contribution in [2.75, 3.05) is 14.2 Å². The topological polar surface area (TPSA) is 217 Å². The summed E-state index contributed by atoms with van der Waals surface area (Å²) < 4.78 is 79.4. The highest BCUT2D eigenvalue weighted by atomic mass is 32.2. The van der Waals surface area contributed by atoms with Gasteiger partial charge >= 0.3 is 0 Å². The van der Waals surface area contributed by atoms with Gasteiger partial charge in [0.25, 0.3) is 20.2 Å². The largest absolute Gasteiger partial charge is 0.505 e. The molecule has 0 fully saturated rings. The maximum Gasteiger partial charge on any atom is 0.295 e. The van der Waals surface area contributed by atoms with E-state index in [2.05, 4.69) is 20.5 Å². The average molecular weight is 805 g/mol. The first-order chi connectivity index (χ1) is 27.3. The van der Waals surface area contributed by atoms with Crippen LogP contribution in [0.25, 0.3) is 32.7 Å². The van der Waals surface area contributed by atoms with Crippen molar-refractivity contribution >= 4 is 64.5 Å². The quantitative estimate of drug-likeness (QED) is 0.0716. The Balaban J connectivity index is 1.17. The van der Waals surface area contributed by atoms with Gasteiger partial charge in [-0.1, -0.05) is 84.9 Å². The first-order valence-electron chi connectivity index (χ1n) is 17.0. The van der Waals surface area contributed by atoms with Crippen LogP contribution in [0.15, 0.2) is 152 Å². The van der Waals surface area contributed by atoms with Gasteiger partial charge in [-0.3, -0.25) is 9.11 Å². The lowest BCUT2D eigenvalue weighted by atomic mass is 9.94. The third-order valence-corrected chi connectivity index (χ3v) is 10.9. The van der Waals surface area contributed by atoms with Gasteiger partial charge in [0.05, 0.1) is 14.2 Å². The van der Waals surface area contributed by atoms with Gasteiger partial charge in [0.2, 0.25) is 0 Å². The van der Waals surface area contributed by atoms with E-state index in [-0.39, 0.29) is 44.4 Å². The molecular weight excluding hydrogens is 773 g/mol. The van der Waals surface area contributed by atoms with Crippen LogP contribution in [0.1, 0.15) is 11.1 Å². The number of azo groups is 2. The zero-order chi connectivity index (χ0) is 40.5. The third-order valence-electron chi connectivity index (χ3n) is 9.15. The number of hydrogen-bond donors (Lipinski definition) is 4. The maximum absolute atomic E-state index is 12.1. The standard InChI is InChI=1S/C41H32N4O10S2/c1-54-36-20-24(15-17-32(36)42-44-34-22-38(56(48,49)50)28-11-5-7-13-30(28)40(34)46)19-25-9-3-4-10-27(25)26-16-18-33(37(21-26)55-2)43-45-35-23-39(57(51,52)53)29-12-6-8-14-31(29)41(35)47/h3-18,20-23,46-47H,19H2,1-2H3,(H,48,49,50)(H,51,52,53). The van der Waals surface area contributed by atoms with E-state index in [9.17, 15) is 36.2 Å². The normalized spacial score (nSPS) is 12.2. The van der Waals surface area contributed by atoms with Crippen LogP contribution in [-0.4, -0.2) is 50.4 Å². The van der Waals surface area contributed by atoms with E-state index >= 15 is 0 Å². The van der Waals surface area contributed by atoms with Crippen molar-refractivity contribution in [3.63, 3.8) is 0 Å². The van der Waals surface area contributed by atoms with Crippen molar-refractivity contribution in [3.8, 4) is 34.1 Å². The molecule has 0 aliphatic rings. The van der Waals surface area contributed by atoms with Crippen LogP contribution in [0.4, 0.5) is 22.7 Å². The Morgan fingerprint density at radius 2 is 0.947 bits per heavy atom. The summed E-state index contributed by atoms with van der Waals surface area (Å²) in [4.78, 5) is -0.834. The van der Waals surface area contributed by atoms with Crippen molar-refractivity contribution in [2.45, 2.75) is 16.2 Å². The molecule has 0 aliphatic heterocycles. The monoisotopic (exact) mass is 804 g/mol. The van der Waals surface area contributed by atoms with Crippen LogP contribution in [0.3, 0.4) is 0 Å². The number of ether oxygens (including phenoxy) is 2. The second kappa shape index (κ2) is 15.4. The Morgan fingerprint density at radius 1 is 0.509 bits per heavy atom. The van der Waals surface area contributed by atoms with Gasteiger partial charge in [-0.05, 0) is 65.1 Å². The number of nitrogens with zero attached hydrogens (tertiary/aromatic N) is 4. The minimum Gasteiger partial charge on any atom is -0.505 e. The van der Waals surface area contributed by atoms with Crippen molar-refractivity contribution in [3.05, 3.63) is 132 Å². The summed E-state index contributed by atoms with van der Waals surface area (Å²) in [5.74, 6) is 0.0954. The number of benzene rings is 7. The van der Waals surface area contributed by atoms with Gasteiger partial charge in [0.15, 0.2) is 11.5 Å². The Hall–Kier alpha value is -6.72. The Labute approximate surface area is 326 Å². The highest BCUT2D eigenvalue weighted by Crippen LogP contribution is 2.43. The molecule has 0 amide bonds. The molecule has 16 heteroatoms. The molecule has 4 N–H and O–H groups in total. The summed E-state index contributed by atoms with van der Waals surface area (Å²) in [5, 5.41) is 39.0. The summed E-state index contributed by atoms with van der Waals surface area (Å²) in [6.07, 6.45) is 0.467. The zero-order valence-electron chi connectivity index (χ0n) is 30.1. The molecule has 0 heterocycles. The molecule has 7 aromatic carbocycles. The van der Waals surface area contributed by atoms with Crippen molar-refractivity contribution in [2.24, 2.45) is 20.5 Å². The van der Waals surface area contributed by atoms with Gasteiger partial charge in [0, 0.05) is 21.5 Å². The molecular formula is C41H32N4O10S2. The smallest absolute Gasteiger partial charge is 0.295 e. The van der Waals surface area contributed by atoms with Gasteiger partial charge in [-0.25, -0.2) is 0 Å². The van der Waals surface area contributed by atoms with Crippen molar-refractivity contribution in [1.82, 2.24) is 0 Å². The summed E-state index contributed by atoms with van der Waals surface area (Å²) in [6, 6.07) is 32.7. The second-order valence-electron chi connectivity index (χ2n) is 12.7. The van der Waals surface area contributed by atoms with Crippen molar-refractivity contribution in [1.29, 1.82) is 0 Å². The van der Waals surface area contributed by atoms with E-state index in [0.717, 1.165) is 34.4 Å². The summed E-state index contributed by atoms with van der Waals surface area (Å²) in [7, 11) is -6.35. The lowest BCUT2D eigenvalue weighted by molar-refractivity contribution is 0.415. The average Bonchev–Trinajstić information content (AvgIpc) is 3.20. The fraction of sp³-hybridized carbons (Fsp3) is 0.0732. The number of phenols is 2. The van der Waals surface area contributed by atoms with Crippen LogP contribution in [0.5, 0.6) is 23.0 Å². The number of fused-ring (bicyclic) bond motifs is 2. The van der Waals surface area contributed by atoms with Crippen LogP contribution < -0.4 is 9.47 Å².